The molecule has 10 heteroatoms. The van der Waals surface area contributed by atoms with Crippen molar-refractivity contribution in [3.05, 3.63) is 40.0 Å². The molecule has 182 valence electrons. The predicted molar refractivity (Wildman–Crippen MR) is 140 cm³/mol. The fourth-order valence-corrected chi connectivity index (χ4v) is 5.48. The van der Waals surface area contributed by atoms with E-state index >= 15 is 0 Å². The molecule has 1 aliphatic carbocycles. The Kier molecular flexibility index (Phi) is 6.07. The van der Waals surface area contributed by atoms with E-state index in [2.05, 4.69) is 50.5 Å². The first-order valence-corrected chi connectivity index (χ1v) is 12.9. The van der Waals surface area contributed by atoms with Gasteiger partial charge in [0.1, 0.15) is 23.6 Å². The van der Waals surface area contributed by atoms with Crippen LogP contribution in [0.1, 0.15) is 46.1 Å². The second-order valence-corrected chi connectivity index (χ2v) is 11.5. The average molecular weight is 585 g/mol. The molecule has 0 radical (unpaired) electrons. The maximum atomic E-state index is 13.0. The van der Waals surface area contributed by atoms with Crippen LogP contribution in [0.25, 0.3) is 16.9 Å². The van der Waals surface area contributed by atoms with Crippen LogP contribution in [0.15, 0.2) is 30.9 Å². The molecule has 0 spiro atoms. The Balaban J connectivity index is 1.53. The van der Waals surface area contributed by atoms with Crippen LogP contribution in [-0.4, -0.2) is 61.3 Å². The lowest BCUT2D eigenvalue weighted by atomic mass is 10.0. The van der Waals surface area contributed by atoms with Crippen LogP contribution in [0.4, 0.5) is 10.6 Å². The van der Waals surface area contributed by atoms with E-state index in [1.807, 2.05) is 36.4 Å². The van der Waals surface area contributed by atoms with Crippen molar-refractivity contribution >= 4 is 45.5 Å². The Bertz CT molecular complexity index is 1320. The maximum absolute atomic E-state index is 13.0. The van der Waals surface area contributed by atoms with Gasteiger partial charge in [-0.25, -0.2) is 19.7 Å². The van der Waals surface area contributed by atoms with Crippen molar-refractivity contribution in [2.24, 2.45) is 5.92 Å². The van der Waals surface area contributed by atoms with E-state index in [0.29, 0.717) is 30.4 Å². The first-order chi connectivity index (χ1) is 16.7. The van der Waals surface area contributed by atoms with Gasteiger partial charge < -0.3 is 14.5 Å². The molecule has 1 saturated heterocycles. The fraction of sp³-hybridized carbons (Fsp3) is 0.480. The van der Waals surface area contributed by atoms with Crippen molar-refractivity contribution in [1.82, 2.24) is 24.4 Å². The van der Waals surface area contributed by atoms with Gasteiger partial charge in [0.25, 0.3) is 0 Å². The second-order valence-electron chi connectivity index (χ2n) is 10.3. The summed E-state index contributed by atoms with van der Waals surface area (Å²) in [5.74, 6) is 2.04. The van der Waals surface area contributed by atoms with Crippen molar-refractivity contribution in [3.8, 4) is 11.9 Å². The summed E-state index contributed by atoms with van der Waals surface area (Å²) in [6.07, 6.45) is 7.25. The number of piperazine rings is 1. The number of aromatic nitrogens is 4. The summed E-state index contributed by atoms with van der Waals surface area (Å²) in [6, 6.07) is 5.75. The van der Waals surface area contributed by atoms with E-state index in [1.165, 1.54) is 0 Å². The first kappa shape index (κ1) is 23.8. The van der Waals surface area contributed by atoms with Crippen LogP contribution < -0.4 is 4.90 Å². The Morgan fingerprint density at radius 3 is 2.69 bits per heavy atom. The van der Waals surface area contributed by atoms with E-state index < -0.39 is 5.60 Å². The molecule has 1 aliphatic heterocycles. The molecule has 1 amide bonds. The number of nitrogens with zero attached hydrogens (tertiary/aromatic N) is 7. The number of rotatable bonds is 3. The number of hydrogen-bond acceptors (Lipinski definition) is 7. The third kappa shape index (κ3) is 4.66. The Morgan fingerprint density at radius 2 is 2.00 bits per heavy atom. The normalized spacial score (nSPS) is 20.7. The van der Waals surface area contributed by atoms with Crippen molar-refractivity contribution < 1.29 is 9.53 Å². The number of pyridine rings is 1. The molecule has 2 aliphatic rings. The molecule has 1 saturated carbocycles. The molecule has 0 bridgehead atoms. The van der Waals surface area contributed by atoms with Crippen LogP contribution >= 0.6 is 22.6 Å². The molecule has 2 fully saturated rings. The van der Waals surface area contributed by atoms with Gasteiger partial charge in [-0.2, -0.15) is 5.26 Å². The van der Waals surface area contributed by atoms with Crippen LogP contribution in [0.3, 0.4) is 0 Å². The highest BCUT2D eigenvalue weighted by Crippen LogP contribution is 2.41. The van der Waals surface area contributed by atoms with Crippen molar-refractivity contribution in [2.45, 2.75) is 58.2 Å². The van der Waals surface area contributed by atoms with E-state index in [9.17, 15) is 10.1 Å². The summed E-state index contributed by atoms with van der Waals surface area (Å²) in [5.41, 5.74) is 0.762. The van der Waals surface area contributed by atoms with E-state index in [4.69, 9.17) is 9.72 Å². The summed E-state index contributed by atoms with van der Waals surface area (Å²) >= 11 is 2.32. The highest BCUT2D eigenvalue weighted by atomic mass is 127. The summed E-state index contributed by atoms with van der Waals surface area (Å²) in [4.78, 5) is 31.0. The van der Waals surface area contributed by atoms with Gasteiger partial charge >= 0.3 is 6.09 Å². The number of amides is 1. The summed E-state index contributed by atoms with van der Waals surface area (Å²) in [6.45, 7) is 9.03. The zero-order chi connectivity index (χ0) is 24.9. The number of halogens is 1. The lowest BCUT2D eigenvalue weighted by molar-refractivity contribution is 0.0116. The molecule has 35 heavy (non-hydrogen) atoms. The van der Waals surface area contributed by atoms with Crippen LogP contribution in [0.2, 0.25) is 0 Å². The van der Waals surface area contributed by atoms with Crippen molar-refractivity contribution in [2.75, 3.05) is 18.0 Å². The Hall–Kier alpha value is -2.94. The van der Waals surface area contributed by atoms with E-state index in [0.717, 1.165) is 33.3 Å². The minimum atomic E-state index is -0.530. The molecule has 3 aromatic heterocycles. The third-order valence-electron chi connectivity index (χ3n) is 6.48. The predicted octanol–water partition coefficient (Wildman–Crippen LogP) is 4.52. The SMILES string of the molecule is C[C@@H]1CN(c2ncnc3c2c(I)cn3-c2cc(C#N)ccn2)[C@@H](C2CC2)CN1C(=O)OC(C)(C)C. The number of fused-ring (bicyclic) bond motifs is 1. The van der Waals surface area contributed by atoms with E-state index in [1.54, 1.807) is 24.7 Å². The largest absolute Gasteiger partial charge is 0.444 e. The molecule has 4 heterocycles. The van der Waals surface area contributed by atoms with Crippen molar-refractivity contribution in [1.29, 1.82) is 5.26 Å². The zero-order valence-corrected chi connectivity index (χ0v) is 22.4. The van der Waals surface area contributed by atoms with E-state index in [-0.39, 0.29) is 18.2 Å². The lowest BCUT2D eigenvalue weighted by Gasteiger charge is -2.46. The fourth-order valence-electron chi connectivity index (χ4n) is 4.72. The minimum absolute atomic E-state index is 0.0291. The standard InChI is InChI=1S/C25H28IN7O2/c1-15-11-32(19(17-5-6-17)13-31(15)24(34)35-25(2,3)4)22-21-18(26)12-33(23(21)30-14-29-22)20-9-16(10-27)7-8-28-20/h7-9,12,14-15,17,19H,5-6,11,13H2,1-4H3/t15-,19-/m1/s1. The Labute approximate surface area is 218 Å². The van der Waals surface area contributed by atoms with Gasteiger partial charge in [0.15, 0.2) is 5.65 Å². The molecule has 0 unspecified atom stereocenters. The molecule has 0 N–H and O–H groups in total. The highest BCUT2D eigenvalue weighted by Gasteiger charge is 2.44. The maximum Gasteiger partial charge on any atom is 0.410 e. The second kappa shape index (κ2) is 8.93. The van der Waals surface area contributed by atoms with Crippen LogP contribution in [-0.2, 0) is 4.74 Å². The average Bonchev–Trinajstić information content (AvgIpc) is 3.60. The van der Waals surface area contributed by atoms with Crippen molar-refractivity contribution in [3.63, 3.8) is 0 Å². The summed E-state index contributed by atoms with van der Waals surface area (Å²) in [5, 5.41) is 10.3. The number of carbonyl (C=O) groups is 1. The summed E-state index contributed by atoms with van der Waals surface area (Å²) < 4.78 is 8.63. The molecule has 5 rings (SSSR count). The molecular formula is C25H28IN7O2. The molecule has 3 aromatic rings. The first-order valence-electron chi connectivity index (χ1n) is 11.8. The van der Waals surface area contributed by atoms with Gasteiger partial charge in [-0.15, -0.1) is 0 Å². The minimum Gasteiger partial charge on any atom is -0.444 e. The van der Waals surface area contributed by atoms with Gasteiger partial charge in [0, 0.05) is 35.1 Å². The number of carbonyl (C=O) groups excluding carboxylic acids is 1. The van der Waals surface area contributed by atoms with Crippen LogP contribution in [0, 0.1) is 20.8 Å². The zero-order valence-electron chi connectivity index (χ0n) is 20.3. The monoisotopic (exact) mass is 585 g/mol. The number of anilines is 1. The molecular weight excluding hydrogens is 557 g/mol. The summed E-state index contributed by atoms with van der Waals surface area (Å²) in [7, 11) is 0. The number of nitriles is 1. The highest BCUT2D eigenvalue weighted by molar-refractivity contribution is 14.1. The Morgan fingerprint density at radius 1 is 1.23 bits per heavy atom. The number of hydrogen-bond donors (Lipinski definition) is 0. The lowest BCUT2D eigenvalue weighted by Crippen LogP contribution is -2.60. The third-order valence-corrected chi connectivity index (χ3v) is 7.30. The van der Waals surface area contributed by atoms with Crippen LogP contribution in [0.5, 0.6) is 0 Å². The van der Waals surface area contributed by atoms with Gasteiger partial charge in [0.05, 0.1) is 23.1 Å². The van der Waals surface area contributed by atoms with Gasteiger partial charge in [-0.1, -0.05) is 0 Å². The molecule has 9 nitrogen and oxygen atoms in total. The molecule has 0 aromatic carbocycles. The van der Waals surface area contributed by atoms with Gasteiger partial charge in [-0.05, 0) is 81.2 Å². The number of ether oxygens (including phenoxy) is 1. The van der Waals surface area contributed by atoms with Gasteiger partial charge in [-0.3, -0.25) is 4.57 Å². The molecule has 2 atom stereocenters. The smallest absolute Gasteiger partial charge is 0.410 e. The quantitative estimate of drug-likeness (QED) is 0.417. The van der Waals surface area contributed by atoms with Gasteiger partial charge in [0.2, 0.25) is 0 Å². The topological polar surface area (TPSA) is 100 Å².